The number of halogens is 6. The minimum atomic E-state index is -5.18. The summed E-state index contributed by atoms with van der Waals surface area (Å²) < 4.78 is 76.5. The van der Waals surface area contributed by atoms with Crippen molar-refractivity contribution in [2.45, 2.75) is 58.2 Å². The van der Waals surface area contributed by atoms with Crippen molar-refractivity contribution in [3.63, 3.8) is 0 Å². The average molecular weight is 599 g/mol. The molecule has 10 nitrogen and oxygen atoms in total. The Kier molecular flexibility index (Phi) is 8.99. The van der Waals surface area contributed by atoms with Crippen molar-refractivity contribution >= 4 is 23.2 Å². The van der Waals surface area contributed by atoms with Crippen LogP contribution in [0.3, 0.4) is 0 Å². The quantitative estimate of drug-likeness (QED) is 0.223. The molecule has 2 amide bonds. The molecular weight excluding hydrogens is 580 g/mol. The third-order valence-corrected chi connectivity index (χ3v) is 5.54. The van der Waals surface area contributed by atoms with Gasteiger partial charge in [0.05, 0.1) is 16.8 Å². The number of nitrogens with zero attached hydrogens (tertiary/aromatic N) is 5. The monoisotopic (exact) mass is 598 g/mol. The molecule has 1 aliphatic heterocycles. The smallest absolute Gasteiger partial charge is 0.493 e. The molecule has 0 atom stereocenters. The summed E-state index contributed by atoms with van der Waals surface area (Å²) in [6, 6.07) is 3.32. The minimum Gasteiger partial charge on any atom is -0.493 e. The van der Waals surface area contributed by atoms with Crippen LogP contribution in [0.4, 0.5) is 37.7 Å². The SMILES string of the molecule is CCC(CC)N1C(=O)c2cccc(N=Nc3c(O)n(CC(F)(F)F)c(=O)n(CC(F)(F)F)c3=O)c2C1=O.[Cu+2]. The molecule has 17 heteroatoms. The second-order valence-electron chi connectivity index (χ2n) is 8.01. The average Bonchev–Trinajstić information content (AvgIpc) is 3.05. The fraction of sp³-hybridized carbons (Fsp3) is 0.429. The van der Waals surface area contributed by atoms with Crippen LogP contribution in [-0.2, 0) is 30.2 Å². The molecule has 38 heavy (non-hydrogen) atoms. The number of imide groups is 1. The molecular formula is C21H19CuF6N5O5+2. The minimum absolute atomic E-state index is 0. The van der Waals surface area contributed by atoms with E-state index in [1.165, 1.54) is 18.2 Å². The Balaban J connectivity index is 0.00000507. The van der Waals surface area contributed by atoms with Crippen molar-refractivity contribution in [1.29, 1.82) is 0 Å². The van der Waals surface area contributed by atoms with Crippen LogP contribution in [0.1, 0.15) is 47.4 Å². The topological polar surface area (TPSA) is 126 Å². The maximum atomic E-state index is 13.0. The van der Waals surface area contributed by atoms with Gasteiger partial charge in [0.1, 0.15) is 13.1 Å². The van der Waals surface area contributed by atoms with Gasteiger partial charge in [0.2, 0.25) is 11.6 Å². The number of rotatable bonds is 7. The molecule has 1 aromatic heterocycles. The van der Waals surface area contributed by atoms with E-state index in [-0.39, 0.29) is 33.9 Å². The largest absolute Gasteiger partial charge is 2.00 e. The summed E-state index contributed by atoms with van der Waals surface area (Å²) in [5.41, 5.74) is -6.00. The Bertz CT molecular complexity index is 1400. The van der Waals surface area contributed by atoms with E-state index in [4.69, 9.17) is 0 Å². The number of amides is 2. The maximum absolute atomic E-state index is 13.0. The van der Waals surface area contributed by atoms with Gasteiger partial charge in [-0.1, -0.05) is 19.9 Å². The van der Waals surface area contributed by atoms with E-state index in [0.29, 0.717) is 12.8 Å². The Morgan fingerprint density at radius 1 is 0.868 bits per heavy atom. The van der Waals surface area contributed by atoms with Gasteiger partial charge in [-0.25, -0.2) is 9.36 Å². The Morgan fingerprint density at radius 3 is 1.95 bits per heavy atom. The molecule has 0 fully saturated rings. The third-order valence-electron chi connectivity index (χ3n) is 5.54. The van der Waals surface area contributed by atoms with Gasteiger partial charge >= 0.3 is 35.1 Å². The Morgan fingerprint density at radius 2 is 1.42 bits per heavy atom. The molecule has 2 heterocycles. The molecule has 1 radical (unpaired) electrons. The van der Waals surface area contributed by atoms with Gasteiger partial charge in [-0.05, 0) is 25.0 Å². The van der Waals surface area contributed by atoms with E-state index < -0.39 is 75.2 Å². The second kappa shape index (κ2) is 11.1. The Hall–Kier alpha value is -3.46. The van der Waals surface area contributed by atoms with Crippen LogP contribution in [-0.4, -0.2) is 49.3 Å². The van der Waals surface area contributed by atoms with Crippen LogP contribution in [0, 0.1) is 0 Å². The van der Waals surface area contributed by atoms with E-state index in [2.05, 4.69) is 10.2 Å². The number of hydrogen-bond acceptors (Lipinski definition) is 7. The van der Waals surface area contributed by atoms with E-state index >= 15 is 0 Å². The van der Waals surface area contributed by atoms with Gasteiger partial charge in [-0.2, -0.15) is 26.3 Å². The molecule has 0 spiro atoms. The van der Waals surface area contributed by atoms with E-state index in [0.717, 1.165) is 4.90 Å². The van der Waals surface area contributed by atoms with Crippen LogP contribution >= 0.6 is 0 Å². The first-order valence-corrected chi connectivity index (χ1v) is 10.7. The number of azo groups is 1. The van der Waals surface area contributed by atoms with Crippen LogP contribution in [0.2, 0.25) is 0 Å². The number of aromatic nitrogens is 2. The predicted octanol–water partition coefficient (Wildman–Crippen LogP) is 4.04. The van der Waals surface area contributed by atoms with E-state index in [1.54, 1.807) is 13.8 Å². The fourth-order valence-corrected chi connectivity index (χ4v) is 3.86. The molecule has 2 aromatic rings. The van der Waals surface area contributed by atoms with Crippen molar-refractivity contribution in [3.05, 3.63) is 50.2 Å². The van der Waals surface area contributed by atoms with Gasteiger partial charge in [-0.15, -0.1) is 10.2 Å². The summed E-state index contributed by atoms with van der Waals surface area (Å²) in [5.74, 6) is -3.08. The molecule has 0 saturated heterocycles. The van der Waals surface area contributed by atoms with Crippen molar-refractivity contribution in [2.75, 3.05) is 0 Å². The summed E-state index contributed by atoms with van der Waals surface area (Å²) in [4.78, 5) is 51.5. The van der Waals surface area contributed by atoms with Crippen molar-refractivity contribution < 1.29 is 58.1 Å². The fourth-order valence-electron chi connectivity index (χ4n) is 3.86. The first-order valence-electron chi connectivity index (χ1n) is 10.7. The molecule has 1 aliphatic rings. The van der Waals surface area contributed by atoms with Gasteiger partial charge in [0, 0.05) is 6.04 Å². The summed E-state index contributed by atoms with van der Waals surface area (Å²) >= 11 is 0. The molecule has 0 bridgehead atoms. The molecule has 209 valence electrons. The van der Waals surface area contributed by atoms with Crippen molar-refractivity contribution in [2.24, 2.45) is 10.2 Å². The standard InChI is InChI=1S/C21H19F6N5O5.Cu/c1-3-10(4-2)32-15(33)11-6-5-7-12(13(11)16(32)34)28-29-14-17(35)30(8-20(22,23)24)19(37)31(18(14)36)9-21(25,26)27;/h5-7,10,35H,3-4,8-9H2,1-2H3;/q;+2. The molecule has 0 unspecified atom stereocenters. The van der Waals surface area contributed by atoms with Gasteiger partial charge in [0.15, 0.2) is 0 Å². The van der Waals surface area contributed by atoms with E-state index in [9.17, 15) is 50.6 Å². The number of hydrogen-bond donors (Lipinski definition) is 1. The second-order valence-corrected chi connectivity index (χ2v) is 8.01. The van der Waals surface area contributed by atoms with Crippen molar-refractivity contribution in [3.8, 4) is 5.88 Å². The van der Waals surface area contributed by atoms with Crippen LogP contribution in [0.5, 0.6) is 5.88 Å². The van der Waals surface area contributed by atoms with Gasteiger partial charge in [-0.3, -0.25) is 23.9 Å². The number of benzene rings is 1. The summed E-state index contributed by atoms with van der Waals surface area (Å²) in [5, 5.41) is 17.1. The predicted molar refractivity (Wildman–Crippen MR) is 114 cm³/mol. The molecule has 1 aromatic carbocycles. The van der Waals surface area contributed by atoms with Gasteiger partial charge in [0.25, 0.3) is 17.4 Å². The zero-order valence-electron chi connectivity index (χ0n) is 19.5. The zero-order chi connectivity index (χ0) is 27.9. The number of aromatic hydroxyl groups is 1. The molecule has 3 rings (SSSR count). The molecule has 0 aliphatic carbocycles. The van der Waals surface area contributed by atoms with Gasteiger partial charge < -0.3 is 5.11 Å². The molecule has 0 saturated carbocycles. The van der Waals surface area contributed by atoms with Crippen molar-refractivity contribution in [1.82, 2.24) is 14.0 Å². The Labute approximate surface area is 220 Å². The number of fused-ring (bicyclic) bond motifs is 1. The zero-order valence-corrected chi connectivity index (χ0v) is 20.5. The van der Waals surface area contributed by atoms with Crippen LogP contribution in [0.15, 0.2) is 38.0 Å². The van der Waals surface area contributed by atoms with Crippen LogP contribution in [0.25, 0.3) is 0 Å². The first-order chi connectivity index (χ1) is 17.1. The normalized spacial score (nSPS) is 14.0. The number of carbonyl (C=O) groups excluding carboxylic acids is 2. The first kappa shape index (κ1) is 30.8. The maximum Gasteiger partial charge on any atom is 2.00 e. The summed E-state index contributed by atoms with van der Waals surface area (Å²) in [6.07, 6.45) is -9.48. The third kappa shape index (κ3) is 5.99. The van der Waals surface area contributed by atoms with E-state index in [1.807, 2.05) is 0 Å². The number of alkyl halides is 6. The molecule has 1 N–H and O–H groups in total. The summed E-state index contributed by atoms with van der Waals surface area (Å²) in [7, 11) is 0. The van der Waals surface area contributed by atoms with Crippen LogP contribution < -0.4 is 11.2 Å². The summed E-state index contributed by atoms with van der Waals surface area (Å²) in [6.45, 7) is -0.980. The number of carbonyl (C=O) groups is 2.